The van der Waals surface area contributed by atoms with Crippen LogP contribution in [0.4, 0.5) is 4.79 Å². The maximum Gasteiger partial charge on any atom is 0.293 e. The van der Waals surface area contributed by atoms with Crippen LogP contribution in [0.2, 0.25) is 5.02 Å². The Morgan fingerprint density at radius 2 is 2.00 bits per heavy atom. The fraction of sp³-hybridized carbons (Fsp3) is 0.143. The van der Waals surface area contributed by atoms with Gasteiger partial charge in [0.1, 0.15) is 6.61 Å². The molecule has 1 aliphatic rings. The van der Waals surface area contributed by atoms with Crippen LogP contribution < -0.4 is 9.47 Å². The van der Waals surface area contributed by atoms with Gasteiger partial charge < -0.3 is 9.47 Å². The molecule has 148 valence electrons. The van der Waals surface area contributed by atoms with E-state index < -0.39 is 0 Å². The lowest BCUT2D eigenvalue weighted by atomic mass is 10.1. The van der Waals surface area contributed by atoms with Crippen LogP contribution in [0.25, 0.3) is 6.08 Å². The average Bonchev–Trinajstić information content (AvgIpc) is 2.95. The van der Waals surface area contributed by atoms with Crippen LogP contribution in [0.5, 0.6) is 11.5 Å². The summed E-state index contributed by atoms with van der Waals surface area (Å²) in [5.74, 6) is 3.12. The van der Waals surface area contributed by atoms with E-state index in [-0.39, 0.29) is 24.3 Å². The van der Waals surface area contributed by atoms with E-state index in [1.54, 1.807) is 36.4 Å². The second-order valence-electron chi connectivity index (χ2n) is 5.92. The zero-order valence-corrected chi connectivity index (χ0v) is 19.0. The summed E-state index contributed by atoms with van der Waals surface area (Å²) < 4.78 is 11.7. The third-order valence-electron chi connectivity index (χ3n) is 3.98. The molecule has 2 aromatic rings. The highest BCUT2D eigenvalue weighted by Gasteiger charge is 2.35. The van der Waals surface area contributed by atoms with Gasteiger partial charge in [-0.15, -0.1) is 6.42 Å². The first-order valence-electron chi connectivity index (χ1n) is 8.36. The first-order valence-corrected chi connectivity index (χ1v) is 10.6. The largest absolute Gasteiger partial charge is 0.493 e. The van der Waals surface area contributed by atoms with E-state index in [2.05, 4.69) is 28.5 Å². The predicted molar refractivity (Wildman–Crippen MR) is 123 cm³/mol. The van der Waals surface area contributed by atoms with Crippen LogP contribution in [-0.4, -0.2) is 29.8 Å². The number of imide groups is 1. The SMILES string of the molecule is C#CCOc1c(I)cc(/C=C2\SC(=O)N(Cc3ccc(Cl)cc3)C2=O)cc1OC. The van der Waals surface area contributed by atoms with Gasteiger partial charge in [-0.05, 0) is 75.8 Å². The molecule has 29 heavy (non-hydrogen) atoms. The summed E-state index contributed by atoms with van der Waals surface area (Å²) in [7, 11) is 1.53. The first kappa shape index (κ1) is 21.6. The number of carbonyl (C=O) groups is 2. The molecule has 5 nitrogen and oxygen atoms in total. The molecule has 0 N–H and O–H groups in total. The van der Waals surface area contributed by atoms with E-state index in [4.69, 9.17) is 27.5 Å². The Balaban J connectivity index is 1.84. The van der Waals surface area contributed by atoms with Crippen LogP contribution in [0.1, 0.15) is 11.1 Å². The zero-order chi connectivity index (χ0) is 21.0. The van der Waals surface area contributed by atoms with Crippen LogP contribution in [0.3, 0.4) is 0 Å². The van der Waals surface area contributed by atoms with E-state index in [0.29, 0.717) is 21.4 Å². The summed E-state index contributed by atoms with van der Waals surface area (Å²) in [5, 5.41) is 0.285. The molecule has 0 aliphatic carbocycles. The van der Waals surface area contributed by atoms with Crippen molar-refractivity contribution in [2.75, 3.05) is 13.7 Å². The highest BCUT2D eigenvalue weighted by atomic mass is 127. The van der Waals surface area contributed by atoms with E-state index >= 15 is 0 Å². The highest BCUT2D eigenvalue weighted by Crippen LogP contribution is 2.37. The van der Waals surface area contributed by atoms with Crippen molar-refractivity contribution in [3.05, 3.63) is 61.0 Å². The highest BCUT2D eigenvalue weighted by molar-refractivity contribution is 14.1. The number of benzene rings is 2. The summed E-state index contributed by atoms with van der Waals surface area (Å²) in [5.41, 5.74) is 1.54. The van der Waals surface area contributed by atoms with Crippen molar-refractivity contribution < 1.29 is 19.1 Å². The van der Waals surface area contributed by atoms with Gasteiger partial charge in [-0.3, -0.25) is 14.5 Å². The molecule has 1 saturated heterocycles. The molecule has 0 aromatic heterocycles. The molecule has 0 bridgehead atoms. The van der Waals surface area contributed by atoms with Gasteiger partial charge in [0.15, 0.2) is 11.5 Å². The molecule has 2 aromatic carbocycles. The number of methoxy groups -OCH3 is 1. The molecule has 0 radical (unpaired) electrons. The van der Waals surface area contributed by atoms with Gasteiger partial charge in [0.2, 0.25) is 0 Å². The van der Waals surface area contributed by atoms with Gasteiger partial charge >= 0.3 is 0 Å². The summed E-state index contributed by atoms with van der Waals surface area (Å²) in [6, 6.07) is 10.6. The van der Waals surface area contributed by atoms with Gasteiger partial charge in [0, 0.05) is 5.02 Å². The van der Waals surface area contributed by atoms with E-state index in [1.807, 2.05) is 6.07 Å². The van der Waals surface area contributed by atoms with Gasteiger partial charge in [-0.2, -0.15) is 0 Å². The lowest BCUT2D eigenvalue weighted by Crippen LogP contribution is -2.27. The predicted octanol–water partition coefficient (Wildman–Crippen LogP) is 5.20. The van der Waals surface area contributed by atoms with Crippen LogP contribution in [0.15, 0.2) is 41.3 Å². The zero-order valence-electron chi connectivity index (χ0n) is 15.3. The second kappa shape index (κ2) is 9.57. The van der Waals surface area contributed by atoms with Gasteiger partial charge in [-0.25, -0.2) is 0 Å². The van der Waals surface area contributed by atoms with Crippen molar-refractivity contribution in [3.8, 4) is 23.8 Å². The minimum atomic E-state index is -0.336. The number of carbonyl (C=O) groups excluding carboxylic acids is 2. The molecule has 0 unspecified atom stereocenters. The van der Waals surface area contributed by atoms with Crippen LogP contribution in [-0.2, 0) is 11.3 Å². The Bertz CT molecular complexity index is 1030. The lowest BCUT2D eigenvalue weighted by molar-refractivity contribution is -0.123. The standard InChI is InChI=1S/C21H15ClINO4S/c1-3-8-28-19-16(23)9-14(10-17(19)27-2)11-18-20(25)24(21(26)29-18)12-13-4-6-15(22)7-5-13/h1,4-7,9-11H,8,12H2,2H3/b18-11-. The third kappa shape index (κ3) is 5.07. The minimum absolute atomic E-state index is 0.120. The third-order valence-corrected chi connectivity index (χ3v) is 5.94. The topological polar surface area (TPSA) is 55.8 Å². The quantitative estimate of drug-likeness (QED) is 0.287. The van der Waals surface area contributed by atoms with E-state index in [9.17, 15) is 9.59 Å². The number of hydrogen-bond acceptors (Lipinski definition) is 5. The monoisotopic (exact) mass is 539 g/mol. The van der Waals surface area contributed by atoms with Crippen LogP contribution >= 0.6 is 46.0 Å². The molecule has 1 aliphatic heterocycles. The fourth-order valence-electron chi connectivity index (χ4n) is 2.64. The van der Waals surface area contributed by atoms with Crippen molar-refractivity contribution in [1.29, 1.82) is 0 Å². The number of hydrogen-bond donors (Lipinski definition) is 0. The maximum atomic E-state index is 12.7. The smallest absolute Gasteiger partial charge is 0.293 e. The Kier molecular flexibility index (Phi) is 7.11. The normalized spacial score (nSPS) is 15.0. The molecule has 2 amide bonds. The summed E-state index contributed by atoms with van der Waals surface area (Å²) in [6.07, 6.45) is 6.92. The summed E-state index contributed by atoms with van der Waals surface area (Å²) >= 11 is 8.90. The Morgan fingerprint density at radius 1 is 1.28 bits per heavy atom. The Labute approximate surface area is 191 Å². The van der Waals surface area contributed by atoms with Gasteiger partial charge in [0.05, 0.1) is 22.1 Å². The molecular formula is C21H15ClINO4S. The number of thioether (sulfide) groups is 1. The molecule has 8 heteroatoms. The molecular weight excluding hydrogens is 525 g/mol. The molecule has 0 saturated carbocycles. The first-order chi connectivity index (χ1) is 13.9. The Hall–Kier alpha value is -2.15. The fourth-order valence-corrected chi connectivity index (χ4v) is 4.38. The summed E-state index contributed by atoms with van der Waals surface area (Å²) in [4.78, 5) is 26.7. The molecule has 0 spiro atoms. The molecule has 0 atom stereocenters. The van der Waals surface area contributed by atoms with Crippen molar-refractivity contribution in [3.63, 3.8) is 0 Å². The number of amides is 2. The van der Waals surface area contributed by atoms with Crippen molar-refractivity contribution in [2.45, 2.75) is 6.54 Å². The maximum absolute atomic E-state index is 12.7. The number of rotatable bonds is 6. The minimum Gasteiger partial charge on any atom is -0.493 e. The number of nitrogens with zero attached hydrogens (tertiary/aromatic N) is 1. The van der Waals surface area contributed by atoms with E-state index in [0.717, 1.165) is 26.5 Å². The van der Waals surface area contributed by atoms with Gasteiger partial charge in [-0.1, -0.05) is 29.7 Å². The lowest BCUT2D eigenvalue weighted by Gasteiger charge is -2.13. The second-order valence-corrected chi connectivity index (χ2v) is 8.51. The van der Waals surface area contributed by atoms with E-state index in [1.165, 1.54) is 12.0 Å². The van der Waals surface area contributed by atoms with Crippen molar-refractivity contribution >= 4 is 63.2 Å². The number of halogens is 2. The van der Waals surface area contributed by atoms with Crippen molar-refractivity contribution in [2.24, 2.45) is 0 Å². The van der Waals surface area contributed by atoms with Crippen LogP contribution in [0, 0.1) is 15.9 Å². The van der Waals surface area contributed by atoms with Gasteiger partial charge in [0.25, 0.3) is 11.1 Å². The number of ether oxygens (including phenoxy) is 2. The van der Waals surface area contributed by atoms with Crippen molar-refractivity contribution in [1.82, 2.24) is 4.90 Å². The summed E-state index contributed by atoms with van der Waals surface area (Å²) in [6.45, 7) is 0.314. The number of terminal acetylenes is 1. The molecule has 1 heterocycles. The molecule has 1 fully saturated rings. The molecule has 3 rings (SSSR count). The Morgan fingerprint density at radius 3 is 2.66 bits per heavy atom. The average molecular weight is 540 g/mol.